The number of ether oxygens (including phenoxy) is 2. The number of piperidine rings is 2. The molecule has 194 valence electrons. The van der Waals surface area contributed by atoms with Crippen LogP contribution in [0, 0.1) is 5.41 Å². The third-order valence-electron chi connectivity index (χ3n) is 8.72. The van der Waals surface area contributed by atoms with E-state index in [1.165, 1.54) is 0 Å². The van der Waals surface area contributed by atoms with Gasteiger partial charge in [-0.15, -0.1) is 0 Å². The Morgan fingerprint density at radius 1 is 0.727 bits per heavy atom. The van der Waals surface area contributed by atoms with Crippen LogP contribution in [0.2, 0.25) is 0 Å². The van der Waals surface area contributed by atoms with Crippen molar-refractivity contribution in [3.63, 3.8) is 0 Å². The van der Waals surface area contributed by atoms with Gasteiger partial charge in [0.25, 0.3) is 0 Å². The third kappa shape index (κ3) is 6.52. The first-order valence-corrected chi connectivity index (χ1v) is 12.9. The number of hydrogen-bond acceptors (Lipinski definition) is 5. The molecule has 0 aromatic heterocycles. The number of esters is 1. The molecule has 0 amide bonds. The highest BCUT2D eigenvalue weighted by atomic mass is 16.5. The van der Waals surface area contributed by atoms with Gasteiger partial charge in [-0.1, -0.05) is 0 Å². The Hall–Kier alpha value is -0.650. The van der Waals surface area contributed by atoms with Gasteiger partial charge in [0, 0.05) is 35.0 Å². The highest BCUT2D eigenvalue weighted by molar-refractivity contribution is 5.76. The first kappa shape index (κ1) is 28.6. The lowest BCUT2D eigenvalue weighted by Crippen LogP contribution is -2.61. The molecule has 0 radical (unpaired) electrons. The lowest BCUT2D eigenvalue weighted by molar-refractivity contribution is -0.180. The van der Waals surface area contributed by atoms with E-state index in [1.54, 1.807) is 0 Å². The van der Waals surface area contributed by atoms with Crippen molar-refractivity contribution >= 4 is 5.97 Å². The number of hydrogen-bond donors (Lipinski definition) is 0. The summed E-state index contributed by atoms with van der Waals surface area (Å²) in [5, 5.41) is 0. The van der Waals surface area contributed by atoms with Gasteiger partial charge in [0.2, 0.25) is 0 Å². The minimum atomic E-state index is -0.613. The second-order valence-electron chi connectivity index (χ2n) is 14.8. The van der Waals surface area contributed by atoms with Crippen molar-refractivity contribution in [3.8, 4) is 0 Å². The molecule has 2 aliphatic heterocycles. The van der Waals surface area contributed by atoms with E-state index in [0.29, 0.717) is 6.42 Å². The largest absolute Gasteiger partial charge is 0.462 e. The topological polar surface area (TPSA) is 42.0 Å². The van der Waals surface area contributed by atoms with E-state index in [9.17, 15) is 4.79 Å². The van der Waals surface area contributed by atoms with Gasteiger partial charge in [-0.3, -0.25) is 14.6 Å². The molecule has 0 aromatic rings. The quantitative estimate of drug-likeness (QED) is 0.446. The second kappa shape index (κ2) is 8.78. The molecule has 5 nitrogen and oxygen atoms in total. The number of carbonyl (C=O) groups is 1. The molecule has 2 aliphatic rings. The van der Waals surface area contributed by atoms with Gasteiger partial charge in [-0.25, -0.2) is 0 Å². The normalized spacial score (nSPS) is 26.8. The molecule has 0 aliphatic carbocycles. The van der Waals surface area contributed by atoms with Crippen LogP contribution in [-0.4, -0.2) is 69.8 Å². The van der Waals surface area contributed by atoms with Gasteiger partial charge in [0.1, 0.15) is 6.10 Å². The van der Waals surface area contributed by atoms with Crippen molar-refractivity contribution in [1.82, 2.24) is 9.80 Å². The fourth-order valence-corrected chi connectivity index (χ4v) is 6.67. The Morgan fingerprint density at radius 3 is 1.42 bits per heavy atom. The molecular weight excluding hydrogens is 412 g/mol. The molecule has 2 rings (SSSR count). The molecule has 0 unspecified atom stereocenters. The fourth-order valence-electron chi connectivity index (χ4n) is 6.67. The predicted molar refractivity (Wildman–Crippen MR) is 138 cm³/mol. The van der Waals surface area contributed by atoms with E-state index >= 15 is 0 Å². The average molecular weight is 467 g/mol. The van der Waals surface area contributed by atoms with Crippen LogP contribution >= 0.6 is 0 Å². The monoisotopic (exact) mass is 466 g/mol. The van der Waals surface area contributed by atoms with Crippen LogP contribution in [0.15, 0.2) is 0 Å². The Balaban J connectivity index is 2.05. The van der Waals surface area contributed by atoms with Crippen molar-refractivity contribution in [3.05, 3.63) is 0 Å². The van der Waals surface area contributed by atoms with Crippen LogP contribution in [0.25, 0.3) is 0 Å². The first-order valence-electron chi connectivity index (χ1n) is 12.9. The summed E-state index contributed by atoms with van der Waals surface area (Å²) in [5.74, 6) is -0.107. The minimum absolute atomic E-state index is 0.00697. The van der Waals surface area contributed by atoms with E-state index in [4.69, 9.17) is 9.47 Å². The molecule has 33 heavy (non-hydrogen) atoms. The van der Waals surface area contributed by atoms with Gasteiger partial charge < -0.3 is 9.47 Å². The van der Waals surface area contributed by atoms with Gasteiger partial charge in [-0.05, 0) is 116 Å². The maximum absolute atomic E-state index is 13.4. The molecule has 0 atom stereocenters. The maximum Gasteiger partial charge on any atom is 0.311 e. The predicted octanol–water partition coefficient (Wildman–Crippen LogP) is 6.04. The summed E-state index contributed by atoms with van der Waals surface area (Å²) in [7, 11) is 4.39. The van der Waals surface area contributed by atoms with E-state index in [-0.39, 0.29) is 40.3 Å². The Bertz CT molecular complexity index is 685. The van der Waals surface area contributed by atoms with Crippen LogP contribution < -0.4 is 0 Å². The zero-order chi connectivity index (χ0) is 25.8. The van der Waals surface area contributed by atoms with Crippen LogP contribution in [0.1, 0.15) is 115 Å². The van der Waals surface area contributed by atoms with Crippen LogP contribution in [0.4, 0.5) is 0 Å². The number of carbonyl (C=O) groups excluding carboxylic acids is 1. The Labute approximate surface area is 204 Å². The van der Waals surface area contributed by atoms with Gasteiger partial charge >= 0.3 is 5.97 Å². The minimum Gasteiger partial charge on any atom is -0.462 e. The summed E-state index contributed by atoms with van der Waals surface area (Å²) >= 11 is 0. The lowest BCUT2D eigenvalue weighted by atomic mass is 9.77. The molecule has 0 bridgehead atoms. The molecule has 0 N–H and O–H groups in total. The molecule has 2 saturated heterocycles. The van der Waals surface area contributed by atoms with E-state index in [2.05, 4.69) is 93.1 Å². The van der Waals surface area contributed by atoms with E-state index in [0.717, 1.165) is 25.7 Å². The Kier molecular flexibility index (Phi) is 7.61. The SMILES string of the molecule is CN1C(C)(C)CC(OC(=O)C(C)(C)CC(C)(C)OC2CC(C)(C)N(C)C(C)(C)C2)CC1(C)C. The molecule has 0 spiro atoms. The molecule has 2 heterocycles. The van der Waals surface area contributed by atoms with Crippen LogP contribution in [0.5, 0.6) is 0 Å². The van der Waals surface area contributed by atoms with Crippen molar-refractivity contribution in [2.75, 3.05) is 14.1 Å². The Morgan fingerprint density at radius 2 is 1.06 bits per heavy atom. The van der Waals surface area contributed by atoms with E-state index < -0.39 is 11.0 Å². The van der Waals surface area contributed by atoms with Gasteiger partial charge in [0.05, 0.1) is 17.1 Å². The highest BCUT2D eigenvalue weighted by Crippen LogP contribution is 2.42. The lowest BCUT2D eigenvalue weighted by Gasteiger charge is -2.54. The summed E-state index contributed by atoms with van der Waals surface area (Å²) in [5.41, 5.74) is -0.895. The van der Waals surface area contributed by atoms with Gasteiger partial charge in [-0.2, -0.15) is 0 Å². The zero-order valence-corrected chi connectivity index (χ0v) is 24.3. The molecule has 5 heteroatoms. The number of rotatable bonds is 6. The standard InChI is InChI=1S/C28H54N2O3/c1-23(2,22(31)32-20-15-24(3,4)29(13)25(5,6)16-20)19-28(11,12)33-21-17-26(7,8)30(14)27(9,10)18-21/h20-21H,15-19H2,1-14H3. The van der Waals surface area contributed by atoms with Crippen molar-refractivity contribution < 1.29 is 14.3 Å². The summed E-state index contributed by atoms with van der Waals surface area (Å²) in [4.78, 5) is 18.2. The summed E-state index contributed by atoms with van der Waals surface area (Å²) in [6, 6.07) is 0. The van der Waals surface area contributed by atoms with Crippen molar-refractivity contribution in [2.45, 2.75) is 155 Å². The summed E-state index contributed by atoms with van der Waals surface area (Å²) < 4.78 is 12.9. The van der Waals surface area contributed by atoms with Gasteiger partial charge in [0.15, 0.2) is 0 Å². The number of likely N-dealkylation sites (tertiary alicyclic amines) is 2. The van der Waals surface area contributed by atoms with Crippen LogP contribution in [-0.2, 0) is 14.3 Å². The smallest absolute Gasteiger partial charge is 0.311 e. The average Bonchev–Trinajstić information content (AvgIpc) is 2.54. The van der Waals surface area contributed by atoms with E-state index in [1.807, 2.05) is 13.8 Å². The van der Waals surface area contributed by atoms with Crippen LogP contribution in [0.3, 0.4) is 0 Å². The number of nitrogens with zero attached hydrogens (tertiary/aromatic N) is 2. The first-order chi connectivity index (χ1) is 14.5. The van der Waals surface area contributed by atoms with Crippen molar-refractivity contribution in [2.24, 2.45) is 5.41 Å². The molecule has 0 saturated carbocycles. The summed E-state index contributed by atoms with van der Waals surface area (Å²) in [6.07, 6.45) is 4.43. The molecular formula is C28H54N2O3. The second-order valence-corrected chi connectivity index (χ2v) is 14.8. The molecule has 2 fully saturated rings. The maximum atomic E-state index is 13.4. The highest BCUT2D eigenvalue weighted by Gasteiger charge is 2.48. The van der Waals surface area contributed by atoms with Crippen molar-refractivity contribution in [1.29, 1.82) is 0 Å². The summed E-state index contributed by atoms with van der Waals surface area (Å²) in [6.45, 7) is 26.4. The molecule has 0 aromatic carbocycles. The fraction of sp³-hybridized carbons (Fsp3) is 0.964. The zero-order valence-electron chi connectivity index (χ0n) is 24.3. The third-order valence-corrected chi connectivity index (χ3v) is 8.72.